The lowest BCUT2D eigenvalue weighted by atomic mass is 10.2. The Balaban J connectivity index is 0.00000363. The Hall–Kier alpha value is -2.38. The van der Waals surface area contributed by atoms with Gasteiger partial charge in [-0.05, 0) is 37.6 Å². The molecule has 3 heterocycles. The summed E-state index contributed by atoms with van der Waals surface area (Å²) >= 11 is 0. The zero-order valence-electron chi connectivity index (χ0n) is 17.5. The molecule has 0 radical (unpaired) electrons. The molecule has 0 aliphatic carbocycles. The van der Waals surface area contributed by atoms with Crippen molar-refractivity contribution in [3.05, 3.63) is 48.0 Å². The van der Waals surface area contributed by atoms with E-state index < -0.39 is 11.7 Å². The molecule has 2 aromatic heterocycles. The molecule has 0 aromatic carbocycles. The number of aliphatic imine (C=N–C) groups is 1. The first-order chi connectivity index (χ1) is 14.9. The molecule has 0 spiro atoms. The van der Waals surface area contributed by atoms with Crippen LogP contribution in [0.3, 0.4) is 0 Å². The van der Waals surface area contributed by atoms with Crippen molar-refractivity contribution < 1.29 is 17.6 Å². The zero-order valence-corrected chi connectivity index (χ0v) is 19.8. The smallest absolute Gasteiger partial charge is 0.368 e. The molecule has 32 heavy (non-hydrogen) atoms. The Kier molecular flexibility index (Phi) is 9.72. The monoisotopic (exact) mass is 567 g/mol. The van der Waals surface area contributed by atoms with Gasteiger partial charge in [0.05, 0.1) is 12.1 Å². The fourth-order valence-electron chi connectivity index (χ4n) is 3.31. The number of anilines is 2. The molecular formula is C20H26F4IN7. The van der Waals surface area contributed by atoms with E-state index in [0.29, 0.717) is 31.4 Å². The first-order valence-corrected chi connectivity index (χ1v) is 10.0. The van der Waals surface area contributed by atoms with Crippen molar-refractivity contribution in [2.24, 2.45) is 4.99 Å². The minimum atomic E-state index is -4.47. The third-order valence-corrected chi connectivity index (χ3v) is 4.70. The topological polar surface area (TPSA) is 77.5 Å². The molecule has 7 nitrogen and oxygen atoms in total. The average Bonchev–Trinajstić information content (AvgIpc) is 3.19. The molecule has 3 rings (SSSR count). The van der Waals surface area contributed by atoms with Crippen molar-refractivity contribution in [1.82, 2.24) is 20.6 Å². The molecule has 1 saturated heterocycles. The normalized spacial score (nSPS) is 16.5. The Morgan fingerprint density at radius 3 is 2.69 bits per heavy atom. The highest BCUT2D eigenvalue weighted by Gasteiger charge is 2.34. The molecule has 12 heteroatoms. The van der Waals surface area contributed by atoms with Gasteiger partial charge >= 0.3 is 6.18 Å². The quantitative estimate of drug-likeness (QED) is 0.157. The van der Waals surface area contributed by atoms with E-state index in [1.807, 2.05) is 11.8 Å². The first kappa shape index (κ1) is 25.9. The number of nitrogens with zero attached hydrogens (tertiary/aromatic N) is 4. The number of rotatable bonds is 7. The predicted molar refractivity (Wildman–Crippen MR) is 127 cm³/mol. The molecule has 2 aromatic rings. The number of pyridine rings is 2. The summed E-state index contributed by atoms with van der Waals surface area (Å²) in [5, 5.41) is 9.10. The first-order valence-electron chi connectivity index (χ1n) is 10.0. The predicted octanol–water partition coefficient (Wildman–Crippen LogP) is 3.50. The van der Waals surface area contributed by atoms with Crippen molar-refractivity contribution >= 4 is 41.6 Å². The Morgan fingerprint density at radius 2 is 1.97 bits per heavy atom. The molecule has 3 N–H and O–H groups in total. The van der Waals surface area contributed by atoms with Crippen LogP contribution < -0.4 is 20.9 Å². The summed E-state index contributed by atoms with van der Waals surface area (Å²) in [6, 6.07) is 5.21. The summed E-state index contributed by atoms with van der Waals surface area (Å²) < 4.78 is 53.1. The van der Waals surface area contributed by atoms with Crippen LogP contribution in [0.1, 0.15) is 18.9 Å². The van der Waals surface area contributed by atoms with Crippen LogP contribution in [-0.4, -0.2) is 54.7 Å². The number of alkyl halides is 3. The van der Waals surface area contributed by atoms with Crippen LogP contribution in [0.5, 0.6) is 0 Å². The Labute approximate surface area is 201 Å². The van der Waals surface area contributed by atoms with E-state index in [9.17, 15) is 17.6 Å². The average molecular weight is 567 g/mol. The van der Waals surface area contributed by atoms with Gasteiger partial charge in [0.25, 0.3) is 0 Å². The highest BCUT2D eigenvalue weighted by molar-refractivity contribution is 14.0. The van der Waals surface area contributed by atoms with E-state index in [1.54, 1.807) is 12.3 Å². The molecule has 1 aliphatic heterocycles. The lowest BCUT2D eigenvalue weighted by molar-refractivity contribution is -0.137. The molecule has 1 atom stereocenters. The van der Waals surface area contributed by atoms with Crippen LogP contribution in [0, 0.1) is 5.82 Å². The lowest BCUT2D eigenvalue weighted by Crippen LogP contribution is -2.45. The SMILES string of the molecule is CCNC(=NCCNc1ncccc1C(F)(F)F)NC1CCN(c2ncccc2F)C1.I. The number of hydrogen-bond donors (Lipinski definition) is 3. The summed E-state index contributed by atoms with van der Waals surface area (Å²) in [6.07, 6.45) is -0.828. The number of aromatic nitrogens is 2. The van der Waals surface area contributed by atoms with Gasteiger partial charge in [0.2, 0.25) is 0 Å². The van der Waals surface area contributed by atoms with Gasteiger partial charge in [-0.1, -0.05) is 0 Å². The van der Waals surface area contributed by atoms with Gasteiger partial charge in [-0.3, -0.25) is 4.99 Å². The van der Waals surface area contributed by atoms with Crippen LogP contribution in [0.2, 0.25) is 0 Å². The van der Waals surface area contributed by atoms with Crippen molar-refractivity contribution in [3.8, 4) is 0 Å². The van der Waals surface area contributed by atoms with Gasteiger partial charge in [-0.2, -0.15) is 13.2 Å². The Morgan fingerprint density at radius 1 is 1.22 bits per heavy atom. The van der Waals surface area contributed by atoms with Crippen LogP contribution in [-0.2, 0) is 6.18 Å². The van der Waals surface area contributed by atoms with E-state index in [0.717, 1.165) is 12.5 Å². The molecule has 1 unspecified atom stereocenters. The highest BCUT2D eigenvalue weighted by Crippen LogP contribution is 2.33. The second kappa shape index (κ2) is 12.0. The van der Waals surface area contributed by atoms with Crippen LogP contribution in [0.25, 0.3) is 0 Å². The molecule has 176 valence electrons. The summed E-state index contributed by atoms with van der Waals surface area (Å²) in [5.74, 6) is 0.304. The summed E-state index contributed by atoms with van der Waals surface area (Å²) in [7, 11) is 0. The maximum Gasteiger partial charge on any atom is 0.419 e. The molecule has 0 saturated carbocycles. The molecular weight excluding hydrogens is 541 g/mol. The number of hydrogen-bond acceptors (Lipinski definition) is 5. The highest BCUT2D eigenvalue weighted by atomic mass is 127. The van der Waals surface area contributed by atoms with Crippen molar-refractivity contribution in [1.29, 1.82) is 0 Å². The maximum absolute atomic E-state index is 14.0. The number of nitrogens with one attached hydrogen (secondary N) is 3. The number of halogens is 5. The van der Waals surface area contributed by atoms with Crippen molar-refractivity contribution in [3.63, 3.8) is 0 Å². The second-order valence-electron chi connectivity index (χ2n) is 6.97. The molecule has 1 fully saturated rings. The van der Waals surface area contributed by atoms with Gasteiger partial charge < -0.3 is 20.9 Å². The van der Waals surface area contributed by atoms with Gasteiger partial charge in [-0.25, -0.2) is 14.4 Å². The van der Waals surface area contributed by atoms with E-state index >= 15 is 0 Å². The number of guanidine groups is 1. The lowest BCUT2D eigenvalue weighted by Gasteiger charge is -2.20. The van der Waals surface area contributed by atoms with E-state index in [-0.39, 0.29) is 54.7 Å². The third-order valence-electron chi connectivity index (χ3n) is 4.70. The van der Waals surface area contributed by atoms with Gasteiger partial charge in [0.15, 0.2) is 17.6 Å². The fraction of sp³-hybridized carbons (Fsp3) is 0.450. The van der Waals surface area contributed by atoms with E-state index in [1.165, 1.54) is 18.3 Å². The fourth-order valence-corrected chi connectivity index (χ4v) is 3.31. The maximum atomic E-state index is 14.0. The zero-order chi connectivity index (χ0) is 22.3. The molecule has 0 bridgehead atoms. The Bertz CT molecular complexity index is 894. The largest absolute Gasteiger partial charge is 0.419 e. The van der Waals surface area contributed by atoms with Gasteiger partial charge in [0, 0.05) is 44.6 Å². The summed E-state index contributed by atoms with van der Waals surface area (Å²) in [6.45, 7) is 4.21. The third kappa shape index (κ3) is 7.07. The van der Waals surface area contributed by atoms with Crippen LogP contribution in [0.15, 0.2) is 41.7 Å². The second-order valence-corrected chi connectivity index (χ2v) is 6.97. The molecule has 1 aliphatic rings. The standard InChI is InChI=1S/C20H25F4N7.HI/c1-2-25-19(29-11-10-27-17-15(20(22,23)24)5-3-8-26-17)30-14-7-12-31(13-14)18-16(21)6-4-9-28-18;/h3-6,8-9,14H,2,7,10-13H2,1H3,(H,26,27)(H2,25,29,30);1H. The van der Waals surface area contributed by atoms with Gasteiger partial charge in [0.1, 0.15) is 5.82 Å². The van der Waals surface area contributed by atoms with E-state index in [4.69, 9.17) is 0 Å². The minimum absolute atomic E-state index is 0. The van der Waals surface area contributed by atoms with Crippen molar-refractivity contribution in [2.75, 3.05) is 42.9 Å². The van der Waals surface area contributed by atoms with Crippen LogP contribution >= 0.6 is 24.0 Å². The van der Waals surface area contributed by atoms with E-state index in [2.05, 4.69) is 30.9 Å². The molecule has 0 amide bonds. The van der Waals surface area contributed by atoms with Crippen LogP contribution in [0.4, 0.5) is 29.2 Å². The minimum Gasteiger partial charge on any atom is -0.368 e. The summed E-state index contributed by atoms with van der Waals surface area (Å²) in [5.41, 5.74) is -0.809. The van der Waals surface area contributed by atoms with Gasteiger partial charge in [-0.15, -0.1) is 24.0 Å². The summed E-state index contributed by atoms with van der Waals surface area (Å²) in [4.78, 5) is 14.2. The van der Waals surface area contributed by atoms with Crippen molar-refractivity contribution in [2.45, 2.75) is 25.6 Å².